The summed E-state index contributed by atoms with van der Waals surface area (Å²) in [6.07, 6.45) is 2.42. The van der Waals surface area contributed by atoms with Gasteiger partial charge < -0.3 is 10.1 Å². The van der Waals surface area contributed by atoms with E-state index in [1.54, 1.807) is 7.11 Å². The Hall–Kier alpha value is -0.0600. The van der Waals surface area contributed by atoms with Crippen LogP contribution >= 0.6 is 31.9 Å². The predicted molar refractivity (Wildman–Crippen MR) is 75.4 cm³/mol. The number of halogens is 2. The highest BCUT2D eigenvalue weighted by Gasteiger charge is 2.01. The van der Waals surface area contributed by atoms with Crippen LogP contribution in [0.3, 0.4) is 0 Å². The normalized spacial score (nSPS) is 10.4. The van der Waals surface area contributed by atoms with Crippen LogP contribution in [-0.2, 0) is 6.54 Å². The van der Waals surface area contributed by atoms with Crippen LogP contribution < -0.4 is 10.1 Å². The molecular formula is C12H17Br2NO. The van der Waals surface area contributed by atoms with Crippen LogP contribution in [0.1, 0.15) is 18.4 Å². The summed E-state index contributed by atoms with van der Waals surface area (Å²) >= 11 is 6.96. The van der Waals surface area contributed by atoms with E-state index in [0.29, 0.717) is 0 Å². The molecular weight excluding hydrogens is 334 g/mol. The molecule has 16 heavy (non-hydrogen) atoms. The van der Waals surface area contributed by atoms with Gasteiger partial charge in [-0.3, -0.25) is 0 Å². The van der Waals surface area contributed by atoms with Gasteiger partial charge in [0.25, 0.3) is 0 Å². The molecule has 0 heterocycles. The number of unbranched alkanes of at least 4 members (excludes halogenated alkanes) is 1. The van der Waals surface area contributed by atoms with Crippen LogP contribution in [-0.4, -0.2) is 19.0 Å². The molecule has 0 spiro atoms. The summed E-state index contributed by atoms with van der Waals surface area (Å²) in [5, 5.41) is 4.50. The maximum atomic E-state index is 5.20. The van der Waals surface area contributed by atoms with E-state index in [9.17, 15) is 0 Å². The van der Waals surface area contributed by atoms with Gasteiger partial charge >= 0.3 is 0 Å². The van der Waals surface area contributed by atoms with Gasteiger partial charge in [-0.15, -0.1) is 0 Å². The lowest BCUT2D eigenvalue weighted by molar-refractivity contribution is 0.414. The molecule has 0 unspecified atom stereocenters. The monoisotopic (exact) mass is 349 g/mol. The fraction of sp³-hybridized carbons (Fsp3) is 0.500. The zero-order chi connectivity index (χ0) is 11.8. The first-order valence-electron chi connectivity index (χ1n) is 5.37. The highest BCUT2D eigenvalue weighted by molar-refractivity contribution is 9.10. The molecule has 2 nitrogen and oxygen atoms in total. The molecule has 0 amide bonds. The Balaban J connectivity index is 2.40. The Labute approximate surface area is 114 Å². The van der Waals surface area contributed by atoms with Crippen LogP contribution in [0.4, 0.5) is 0 Å². The largest absolute Gasteiger partial charge is 0.497 e. The molecule has 0 saturated carbocycles. The van der Waals surface area contributed by atoms with E-state index in [2.05, 4.69) is 43.2 Å². The van der Waals surface area contributed by atoms with E-state index in [4.69, 9.17) is 4.74 Å². The van der Waals surface area contributed by atoms with Gasteiger partial charge in [-0.05, 0) is 43.1 Å². The van der Waals surface area contributed by atoms with E-state index in [1.165, 1.54) is 18.4 Å². The van der Waals surface area contributed by atoms with E-state index in [1.807, 2.05) is 12.1 Å². The van der Waals surface area contributed by atoms with Crippen molar-refractivity contribution in [2.24, 2.45) is 0 Å². The van der Waals surface area contributed by atoms with Gasteiger partial charge in [0.15, 0.2) is 0 Å². The molecule has 0 aromatic heterocycles. The van der Waals surface area contributed by atoms with Gasteiger partial charge in [-0.1, -0.05) is 31.9 Å². The third-order valence-corrected chi connectivity index (χ3v) is 3.64. The average molecular weight is 351 g/mol. The topological polar surface area (TPSA) is 21.3 Å². The summed E-state index contributed by atoms with van der Waals surface area (Å²) in [5.74, 6) is 0.903. The summed E-state index contributed by atoms with van der Waals surface area (Å²) < 4.78 is 6.33. The van der Waals surface area contributed by atoms with Gasteiger partial charge in [0.05, 0.1) is 7.11 Å². The second kappa shape index (κ2) is 8.09. The summed E-state index contributed by atoms with van der Waals surface area (Å²) in [4.78, 5) is 0. The minimum absolute atomic E-state index is 0.875. The molecule has 1 N–H and O–H groups in total. The van der Waals surface area contributed by atoms with Gasteiger partial charge in [0.2, 0.25) is 0 Å². The molecule has 90 valence electrons. The zero-order valence-corrected chi connectivity index (χ0v) is 12.6. The van der Waals surface area contributed by atoms with E-state index in [-0.39, 0.29) is 0 Å². The highest BCUT2D eigenvalue weighted by Crippen LogP contribution is 2.22. The van der Waals surface area contributed by atoms with Crippen molar-refractivity contribution in [3.05, 3.63) is 28.2 Å². The standard InChI is InChI=1S/C12H17Br2NO/c1-16-11-4-5-12(14)10(8-11)9-15-7-3-2-6-13/h4-5,8,15H,2-3,6-7,9H2,1H3. The average Bonchev–Trinajstić information content (AvgIpc) is 2.31. The number of nitrogens with one attached hydrogen (secondary N) is 1. The number of alkyl halides is 1. The first-order chi connectivity index (χ1) is 7.77. The Morgan fingerprint density at radius 3 is 2.81 bits per heavy atom. The lowest BCUT2D eigenvalue weighted by atomic mass is 10.2. The van der Waals surface area contributed by atoms with Crippen molar-refractivity contribution in [1.82, 2.24) is 5.32 Å². The third kappa shape index (κ3) is 4.85. The van der Waals surface area contributed by atoms with Gasteiger partial charge in [-0.25, -0.2) is 0 Å². The molecule has 0 bridgehead atoms. The smallest absolute Gasteiger partial charge is 0.119 e. The van der Waals surface area contributed by atoms with Crippen LogP contribution in [0.2, 0.25) is 0 Å². The number of benzene rings is 1. The first-order valence-corrected chi connectivity index (χ1v) is 7.28. The number of hydrogen-bond donors (Lipinski definition) is 1. The van der Waals surface area contributed by atoms with Gasteiger partial charge in [0.1, 0.15) is 5.75 Å². The fourth-order valence-corrected chi connectivity index (χ4v) is 2.16. The third-order valence-electron chi connectivity index (χ3n) is 2.31. The molecule has 0 radical (unpaired) electrons. The van der Waals surface area contributed by atoms with Crippen LogP contribution in [0.5, 0.6) is 5.75 Å². The molecule has 1 aromatic rings. The second-order valence-electron chi connectivity index (χ2n) is 3.53. The minimum Gasteiger partial charge on any atom is -0.497 e. The van der Waals surface area contributed by atoms with Crippen molar-refractivity contribution in [3.63, 3.8) is 0 Å². The van der Waals surface area contributed by atoms with Crippen molar-refractivity contribution in [2.75, 3.05) is 19.0 Å². The van der Waals surface area contributed by atoms with Crippen LogP contribution in [0, 0.1) is 0 Å². The lowest BCUT2D eigenvalue weighted by Crippen LogP contribution is -2.15. The zero-order valence-electron chi connectivity index (χ0n) is 9.43. The lowest BCUT2D eigenvalue weighted by Gasteiger charge is -2.08. The van der Waals surface area contributed by atoms with Crippen molar-refractivity contribution in [1.29, 1.82) is 0 Å². The van der Waals surface area contributed by atoms with E-state index in [0.717, 1.165) is 28.6 Å². The molecule has 4 heteroatoms. The SMILES string of the molecule is COc1ccc(Br)c(CNCCCCBr)c1. The highest BCUT2D eigenvalue weighted by atomic mass is 79.9. The molecule has 0 saturated heterocycles. The Morgan fingerprint density at radius 1 is 1.31 bits per heavy atom. The predicted octanol–water partition coefficient (Wildman–Crippen LogP) is 3.72. The maximum absolute atomic E-state index is 5.20. The maximum Gasteiger partial charge on any atom is 0.119 e. The van der Waals surface area contributed by atoms with Crippen molar-refractivity contribution < 1.29 is 4.74 Å². The molecule has 0 aliphatic rings. The molecule has 0 fully saturated rings. The van der Waals surface area contributed by atoms with Crippen molar-refractivity contribution in [3.8, 4) is 5.75 Å². The Bertz CT molecular complexity index is 318. The summed E-state index contributed by atoms with van der Waals surface area (Å²) in [7, 11) is 1.69. The Morgan fingerprint density at radius 2 is 2.12 bits per heavy atom. The minimum atomic E-state index is 0.875. The number of ether oxygens (including phenoxy) is 1. The van der Waals surface area contributed by atoms with Gasteiger partial charge in [0, 0.05) is 16.3 Å². The van der Waals surface area contributed by atoms with Crippen molar-refractivity contribution in [2.45, 2.75) is 19.4 Å². The summed E-state index contributed by atoms with van der Waals surface area (Å²) in [6, 6.07) is 6.04. The van der Waals surface area contributed by atoms with E-state index >= 15 is 0 Å². The molecule has 0 atom stereocenters. The van der Waals surface area contributed by atoms with Crippen LogP contribution in [0.25, 0.3) is 0 Å². The molecule has 0 aliphatic heterocycles. The van der Waals surface area contributed by atoms with Crippen LogP contribution in [0.15, 0.2) is 22.7 Å². The second-order valence-corrected chi connectivity index (χ2v) is 5.18. The number of methoxy groups -OCH3 is 1. The summed E-state index contributed by atoms with van der Waals surface area (Å²) in [6.45, 7) is 1.93. The molecule has 1 rings (SSSR count). The quantitative estimate of drug-likeness (QED) is 0.597. The van der Waals surface area contributed by atoms with E-state index < -0.39 is 0 Å². The molecule has 0 aliphatic carbocycles. The fourth-order valence-electron chi connectivity index (χ4n) is 1.38. The first kappa shape index (κ1) is 14.0. The number of rotatable bonds is 7. The molecule has 1 aromatic carbocycles. The van der Waals surface area contributed by atoms with Crippen molar-refractivity contribution >= 4 is 31.9 Å². The number of hydrogen-bond acceptors (Lipinski definition) is 2. The summed E-state index contributed by atoms with van der Waals surface area (Å²) in [5.41, 5.74) is 1.23. The van der Waals surface area contributed by atoms with Gasteiger partial charge in [-0.2, -0.15) is 0 Å². The Kier molecular flexibility index (Phi) is 7.08.